The van der Waals surface area contributed by atoms with Crippen LogP contribution in [0.25, 0.3) is 0 Å². The van der Waals surface area contributed by atoms with Gasteiger partial charge in [-0.3, -0.25) is 4.98 Å². The van der Waals surface area contributed by atoms with E-state index in [0.29, 0.717) is 17.3 Å². The van der Waals surface area contributed by atoms with Gasteiger partial charge in [0.15, 0.2) is 0 Å². The predicted molar refractivity (Wildman–Crippen MR) is 94.6 cm³/mol. The van der Waals surface area contributed by atoms with Crippen LogP contribution in [0.4, 0.5) is 11.5 Å². The lowest BCUT2D eigenvalue weighted by Crippen LogP contribution is -2.42. The van der Waals surface area contributed by atoms with Crippen LogP contribution in [0.15, 0.2) is 36.7 Å². The van der Waals surface area contributed by atoms with Crippen LogP contribution in [0.3, 0.4) is 0 Å². The van der Waals surface area contributed by atoms with Crippen molar-refractivity contribution in [3.63, 3.8) is 0 Å². The Morgan fingerprint density at radius 3 is 3.08 bits per heavy atom. The molecule has 7 heteroatoms. The van der Waals surface area contributed by atoms with Gasteiger partial charge in [0.05, 0.1) is 30.3 Å². The number of nitrogens with zero attached hydrogens (tertiary/aromatic N) is 4. The predicted octanol–water partition coefficient (Wildman–Crippen LogP) is 1.80. The number of para-hydroxylation sites is 1. The van der Waals surface area contributed by atoms with E-state index in [1.807, 2.05) is 24.3 Å². The molecule has 0 amide bonds. The van der Waals surface area contributed by atoms with Gasteiger partial charge in [-0.15, -0.1) is 0 Å². The first-order chi connectivity index (χ1) is 12.3. The molecule has 1 atom stereocenters. The molecule has 1 aromatic carbocycles. The fraction of sp³-hybridized carbons (Fsp3) is 0.389. The standard InChI is InChI=1S/C18H21N5O2/c19-10-14-4-1-2-6-16(14)23-7-3-5-15(13-23)21-17-11-20-12-18(22-17)25-9-8-24/h1-2,4,6,11-12,15,24H,3,5,7-9,13H2,(H,21,22). The zero-order chi connectivity index (χ0) is 17.5. The average Bonchev–Trinajstić information content (AvgIpc) is 2.67. The van der Waals surface area contributed by atoms with Crippen molar-refractivity contribution < 1.29 is 9.84 Å². The van der Waals surface area contributed by atoms with E-state index in [-0.39, 0.29) is 19.3 Å². The molecule has 0 bridgehead atoms. The number of benzene rings is 1. The van der Waals surface area contributed by atoms with E-state index in [2.05, 4.69) is 26.3 Å². The third kappa shape index (κ3) is 4.37. The summed E-state index contributed by atoms with van der Waals surface area (Å²) in [4.78, 5) is 10.7. The minimum atomic E-state index is -0.0603. The summed E-state index contributed by atoms with van der Waals surface area (Å²) in [6.45, 7) is 1.86. The highest BCUT2D eigenvalue weighted by Gasteiger charge is 2.22. The van der Waals surface area contributed by atoms with Crippen LogP contribution >= 0.6 is 0 Å². The molecule has 7 nitrogen and oxygen atoms in total. The molecule has 0 spiro atoms. The fourth-order valence-corrected chi connectivity index (χ4v) is 3.00. The minimum absolute atomic E-state index is 0.0603. The van der Waals surface area contributed by atoms with Gasteiger partial charge in [-0.2, -0.15) is 10.2 Å². The van der Waals surface area contributed by atoms with Crippen molar-refractivity contribution in [1.82, 2.24) is 9.97 Å². The molecule has 0 radical (unpaired) electrons. The van der Waals surface area contributed by atoms with Crippen molar-refractivity contribution in [2.75, 3.05) is 36.5 Å². The smallest absolute Gasteiger partial charge is 0.234 e. The first-order valence-corrected chi connectivity index (χ1v) is 8.36. The molecule has 3 rings (SSSR count). The molecule has 1 unspecified atom stereocenters. The maximum absolute atomic E-state index is 9.31. The largest absolute Gasteiger partial charge is 0.474 e. The van der Waals surface area contributed by atoms with Gasteiger partial charge in [0.2, 0.25) is 5.88 Å². The third-order valence-corrected chi connectivity index (χ3v) is 4.09. The Labute approximate surface area is 146 Å². The zero-order valence-electron chi connectivity index (χ0n) is 13.9. The van der Waals surface area contributed by atoms with Crippen LogP contribution in [0.5, 0.6) is 5.88 Å². The summed E-state index contributed by atoms with van der Waals surface area (Å²) in [6, 6.07) is 10.2. The molecular weight excluding hydrogens is 318 g/mol. The Kier molecular flexibility index (Phi) is 5.65. The van der Waals surface area contributed by atoms with Crippen molar-refractivity contribution in [2.24, 2.45) is 0 Å². The number of piperidine rings is 1. The summed E-state index contributed by atoms with van der Waals surface area (Å²) in [5, 5.41) is 21.5. The van der Waals surface area contributed by atoms with E-state index in [4.69, 9.17) is 9.84 Å². The lowest BCUT2D eigenvalue weighted by Gasteiger charge is -2.35. The molecule has 0 aliphatic carbocycles. The average molecular weight is 339 g/mol. The van der Waals surface area contributed by atoms with E-state index in [9.17, 15) is 5.26 Å². The van der Waals surface area contributed by atoms with Crippen LogP contribution in [-0.4, -0.2) is 47.4 Å². The van der Waals surface area contributed by atoms with Gasteiger partial charge in [-0.1, -0.05) is 12.1 Å². The van der Waals surface area contributed by atoms with E-state index < -0.39 is 0 Å². The van der Waals surface area contributed by atoms with Crippen LogP contribution < -0.4 is 15.0 Å². The Hall–Kier alpha value is -2.85. The maximum atomic E-state index is 9.31. The second-order valence-corrected chi connectivity index (χ2v) is 5.87. The van der Waals surface area contributed by atoms with E-state index in [1.54, 1.807) is 6.20 Å². The molecule has 1 aliphatic heterocycles. The molecule has 1 saturated heterocycles. The monoisotopic (exact) mass is 339 g/mol. The Morgan fingerprint density at radius 1 is 1.36 bits per heavy atom. The van der Waals surface area contributed by atoms with Crippen molar-refractivity contribution >= 4 is 11.5 Å². The number of hydrogen-bond donors (Lipinski definition) is 2. The first kappa shape index (κ1) is 17.0. The molecule has 2 aromatic rings. The number of aromatic nitrogens is 2. The van der Waals surface area contributed by atoms with Gasteiger partial charge in [0, 0.05) is 19.1 Å². The lowest BCUT2D eigenvalue weighted by atomic mass is 10.0. The number of nitrogens with one attached hydrogen (secondary N) is 1. The number of aliphatic hydroxyl groups excluding tert-OH is 1. The SMILES string of the molecule is N#Cc1ccccc1N1CCCC(Nc2cncc(OCCO)n2)C1. The van der Waals surface area contributed by atoms with Gasteiger partial charge in [0.25, 0.3) is 0 Å². The first-order valence-electron chi connectivity index (χ1n) is 8.36. The highest BCUT2D eigenvalue weighted by atomic mass is 16.5. The molecule has 25 heavy (non-hydrogen) atoms. The normalized spacial score (nSPS) is 17.0. The second-order valence-electron chi connectivity index (χ2n) is 5.87. The van der Waals surface area contributed by atoms with Crippen LogP contribution in [0, 0.1) is 11.3 Å². The molecule has 1 fully saturated rings. The topological polar surface area (TPSA) is 94.3 Å². The second kappa shape index (κ2) is 8.31. The van der Waals surface area contributed by atoms with Crippen molar-refractivity contribution in [2.45, 2.75) is 18.9 Å². The summed E-state index contributed by atoms with van der Waals surface area (Å²) < 4.78 is 5.30. The summed E-state index contributed by atoms with van der Waals surface area (Å²) in [7, 11) is 0. The van der Waals surface area contributed by atoms with E-state index in [0.717, 1.165) is 31.6 Å². The van der Waals surface area contributed by atoms with Crippen molar-refractivity contribution in [3.05, 3.63) is 42.2 Å². The van der Waals surface area contributed by atoms with Crippen molar-refractivity contribution in [3.8, 4) is 11.9 Å². The highest BCUT2D eigenvalue weighted by molar-refractivity contribution is 5.59. The van der Waals surface area contributed by atoms with Gasteiger partial charge in [-0.05, 0) is 25.0 Å². The van der Waals surface area contributed by atoms with Crippen molar-refractivity contribution in [1.29, 1.82) is 5.26 Å². The Morgan fingerprint density at radius 2 is 2.24 bits per heavy atom. The number of ether oxygens (including phenoxy) is 1. The van der Waals surface area contributed by atoms with Crippen LogP contribution in [-0.2, 0) is 0 Å². The van der Waals surface area contributed by atoms with E-state index >= 15 is 0 Å². The van der Waals surface area contributed by atoms with Gasteiger partial charge in [0.1, 0.15) is 18.5 Å². The molecule has 2 N–H and O–H groups in total. The van der Waals surface area contributed by atoms with Crippen LogP contribution in [0.1, 0.15) is 18.4 Å². The number of nitriles is 1. The molecular formula is C18H21N5O2. The van der Waals surface area contributed by atoms with Gasteiger partial charge in [-0.25, -0.2) is 0 Å². The number of anilines is 2. The zero-order valence-corrected chi connectivity index (χ0v) is 13.9. The molecule has 1 aromatic heterocycles. The van der Waals surface area contributed by atoms with E-state index in [1.165, 1.54) is 6.20 Å². The number of rotatable bonds is 6. The highest BCUT2D eigenvalue weighted by Crippen LogP contribution is 2.24. The maximum Gasteiger partial charge on any atom is 0.234 e. The number of aliphatic hydroxyl groups is 1. The summed E-state index contributed by atoms with van der Waals surface area (Å²) in [5.41, 5.74) is 1.67. The molecule has 0 saturated carbocycles. The van der Waals surface area contributed by atoms with Crippen LogP contribution in [0.2, 0.25) is 0 Å². The summed E-state index contributed by atoms with van der Waals surface area (Å²) in [5.74, 6) is 1.04. The molecule has 130 valence electrons. The lowest BCUT2D eigenvalue weighted by molar-refractivity contribution is 0.196. The quantitative estimate of drug-likeness (QED) is 0.828. The van der Waals surface area contributed by atoms with Gasteiger partial charge < -0.3 is 20.1 Å². The number of hydrogen-bond acceptors (Lipinski definition) is 7. The Bertz CT molecular complexity index is 746. The van der Waals surface area contributed by atoms with Gasteiger partial charge >= 0.3 is 0 Å². The summed E-state index contributed by atoms with van der Waals surface area (Å²) in [6.07, 6.45) is 5.24. The molecule has 1 aliphatic rings. The minimum Gasteiger partial charge on any atom is -0.474 e. The summed E-state index contributed by atoms with van der Waals surface area (Å²) >= 11 is 0. The fourth-order valence-electron chi connectivity index (χ4n) is 3.00. The molecule has 2 heterocycles. The Balaban J connectivity index is 1.67. The third-order valence-electron chi connectivity index (χ3n) is 4.09.